The number of aromatic nitrogens is 2. The van der Waals surface area contributed by atoms with Gasteiger partial charge in [0.25, 0.3) is 0 Å². The number of nitrogen functional groups attached to an aromatic ring is 1. The summed E-state index contributed by atoms with van der Waals surface area (Å²) in [6.45, 7) is 3.02. The first-order valence-corrected chi connectivity index (χ1v) is 4.02. The van der Waals surface area contributed by atoms with Crippen molar-refractivity contribution in [2.75, 3.05) is 5.73 Å². The average Bonchev–Trinajstić information content (AvgIpc) is 2.46. The van der Waals surface area contributed by atoms with E-state index in [9.17, 15) is 0 Å². The van der Waals surface area contributed by atoms with E-state index in [1.807, 2.05) is 24.4 Å². The topological polar surface area (TPSA) is 43.8 Å². The minimum absolute atomic E-state index is 0.580. The summed E-state index contributed by atoms with van der Waals surface area (Å²) >= 11 is 0. The van der Waals surface area contributed by atoms with Crippen molar-refractivity contribution in [2.24, 2.45) is 0 Å². The van der Waals surface area contributed by atoms with E-state index in [0.29, 0.717) is 5.82 Å². The van der Waals surface area contributed by atoms with Crippen LogP contribution in [0.15, 0.2) is 24.4 Å². The number of rotatable bonds is 1. The molecule has 2 rings (SSSR count). The molecular weight excluding hydrogens is 150 g/mol. The van der Waals surface area contributed by atoms with Crippen molar-refractivity contribution >= 4 is 16.9 Å². The van der Waals surface area contributed by atoms with Crippen LogP contribution in [0.4, 0.5) is 5.82 Å². The largest absolute Gasteiger partial charge is 0.384 e. The third-order valence-electron chi connectivity index (χ3n) is 1.97. The fourth-order valence-electron chi connectivity index (χ4n) is 1.33. The van der Waals surface area contributed by atoms with Gasteiger partial charge in [-0.25, -0.2) is 4.98 Å². The second-order valence-electron chi connectivity index (χ2n) is 2.75. The van der Waals surface area contributed by atoms with E-state index < -0.39 is 0 Å². The number of hydrogen-bond donors (Lipinski definition) is 1. The first-order valence-electron chi connectivity index (χ1n) is 4.02. The number of anilines is 1. The predicted octanol–water partition coefficient (Wildman–Crippen LogP) is 1.64. The van der Waals surface area contributed by atoms with E-state index in [-0.39, 0.29) is 0 Å². The van der Waals surface area contributed by atoms with Gasteiger partial charge in [0.1, 0.15) is 11.5 Å². The minimum Gasteiger partial charge on any atom is -0.384 e. The molecule has 2 aromatic rings. The van der Waals surface area contributed by atoms with E-state index in [4.69, 9.17) is 5.73 Å². The number of pyridine rings is 1. The van der Waals surface area contributed by atoms with E-state index in [2.05, 4.69) is 16.5 Å². The first-order chi connectivity index (χ1) is 5.81. The van der Waals surface area contributed by atoms with E-state index in [1.54, 1.807) is 0 Å². The molecule has 0 aliphatic heterocycles. The van der Waals surface area contributed by atoms with Crippen LogP contribution in [-0.2, 0) is 6.54 Å². The van der Waals surface area contributed by atoms with Crippen LogP contribution >= 0.6 is 0 Å². The van der Waals surface area contributed by atoms with Gasteiger partial charge in [0.05, 0.1) is 0 Å². The third kappa shape index (κ3) is 0.942. The highest BCUT2D eigenvalue weighted by Gasteiger charge is 1.99. The summed E-state index contributed by atoms with van der Waals surface area (Å²) in [5, 5.41) is 1.14. The van der Waals surface area contributed by atoms with Gasteiger partial charge in [-0.1, -0.05) is 0 Å². The number of fused-ring (bicyclic) bond motifs is 1. The molecule has 62 valence electrons. The lowest BCUT2D eigenvalue weighted by atomic mass is 10.3. The highest BCUT2D eigenvalue weighted by Crippen LogP contribution is 2.14. The van der Waals surface area contributed by atoms with Crippen molar-refractivity contribution in [1.82, 2.24) is 9.55 Å². The summed E-state index contributed by atoms with van der Waals surface area (Å²) in [7, 11) is 0. The van der Waals surface area contributed by atoms with Gasteiger partial charge in [0.2, 0.25) is 0 Å². The highest BCUT2D eigenvalue weighted by atomic mass is 15.0. The van der Waals surface area contributed by atoms with E-state index in [0.717, 1.165) is 17.6 Å². The Labute approximate surface area is 70.8 Å². The maximum atomic E-state index is 5.58. The van der Waals surface area contributed by atoms with Crippen LogP contribution in [0.5, 0.6) is 0 Å². The molecule has 0 fully saturated rings. The zero-order valence-electron chi connectivity index (χ0n) is 6.99. The Kier molecular flexibility index (Phi) is 1.50. The van der Waals surface area contributed by atoms with Crippen molar-refractivity contribution in [3.05, 3.63) is 24.4 Å². The lowest BCUT2D eigenvalue weighted by Crippen LogP contribution is -1.95. The smallest absolute Gasteiger partial charge is 0.142 e. The summed E-state index contributed by atoms with van der Waals surface area (Å²) in [6, 6.07) is 5.86. The van der Waals surface area contributed by atoms with Gasteiger partial charge in [-0.15, -0.1) is 0 Å². The Morgan fingerprint density at radius 1 is 1.42 bits per heavy atom. The van der Waals surface area contributed by atoms with Gasteiger partial charge in [-0.3, -0.25) is 0 Å². The number of aryl methyl sites for hydroxylation is 1. The quantitative estimate of drug-likeness (QED) is 0.691. The van der Waals surface area contributed by atoms with Crippen molar-refractivity contribution in [3.8, 4) is 0 Å². The Morgan fingerprint density at radius 3 is 3.00 bits per heavy atom. The van der Waals surface area contributed by atoms with Crippen LogP contribution in [0, 0.1) is 0 Å². The molecule has 0 saturated heterocycles. The Morgan fingerprint density at radius 2 is 2.25 bits per heavy atom. The predicted molar refractivity (Wildman–Crippen MR) is 49.8 cm³/mol. The second kappa shape index (κ2) is 2.52. The Balaban J connectivity index is 2.75. The molecule has 2 heterocycles. The lowest BCUT2D eigenvalue weighted by Gasteiger charge is -1.99. The third-order valence-corrected chi connectivity index (χ3v) is 1.97. The minimum atomic E-state index is 0.580. The number of nitrogens with zero attached hydrogens (tertiary/aromatic N) is 2. The van der Waals surface area contributed by atoms with Gasteiger partial charge >= 0.3 is 0 Å². The van der Waals surface area contributed by atoms with Gasteiger partial charge in [0.15, 0.2) is 0 Å². The van der Waals surface area contributed by atoms with E-state index >= 15 is 0 Å². The lowest BCUT2D eigenvalue weighted by molar-refractivity contribution is 0.788. The SMILES string of the molecule is CCn1ccc2ccc(N)nc21. The molecule has 3 nitrogen and oxygen atoms in total. The van der Waals surface area contributed by atoms with Crippen molar-refractivity contribution in [2.45, 2.75) is 13.5 Å². The molecule has 0 radical (unpaired) electrons. The molecule has 0 atom stereocenters. The molecule has 2 N–H and O–H groups in total. The van der Waals surface area contributed by atoms with Gasteiger partial charge < -0.3 is 10.3 Å². The van der Waals surface area contributed by atoms with Crippen molar-refractivity contribution in [3.63, 3.8) is 0 Å². The molecular formula is C9H11N3. The molecule has 0 unspecified atom stereocenters. The van der Waals surface area contributed by atoms with Gasteiger partial charge in [-0.05, 0) is 25.1 Å². The summed E-state index contributed by atoms with van der Waals surface area (Å²) in [4.78, 5) is 4.25. The molecule has 0 spiro atoms. The molecule has 12 heavy (non-hydrogen) atoms. The fourth-order valence-corrected chi connectivity index (χ4v) is 1.33. The van der Waals surface area contributed by atoms with Crippen LogP contribution in [0.25, 0.3) is 11.0 Å². The molecule has 0 bridgehead atoms. The first kappa shape index (κ1) is 7.16. The van der Waals surface area contributed by atoms with Crippen LogP contribution in [0.3, 0.4) is 0 Å². The second-order valence-corrected chi connectivity index (χ2v) is 2.75. The summed E-state index contributed by atoms with van der Waals surface area (Å²) < 4.78 is 2.08. The van der Waals surface area contributed by atoms with Gasteiger partial charge in [0, 0.05) is 18.1 Å². The summed E-state index contributed by atoms with van der Waals surface area (Å²) in [5.74, 6) is 0.580. The molecule has 3 heteroatoms. The normalized spacial score (nSPS) is 10.8. The molecule has 0 saturated carbocycles. The summed E-state index contributed by atoms with van der Waals surface area (Å²) in [5.41, 5.74) is 6.55. The van der Waals surface area contributed by atoms with Crippen molar-refractivity contribution in [1.29, 1.82) is 0 Å². The highest BCUT2D eigenvalue weighted by molar-refractivity contribution is 5.77. The van der Waals surface area contributed by atoms with Crippen LogP contribution in [0.2, 0.25) is 0 Å². The molecule has 0 aliphatic rings. The average molecular weight is 161 g/mol. The molecule has 0 aromatic carbocycles. The van der Waals surface area contributed by atoms with Gasteiger partial charge in [-0.2, -0.15) is 0 Å². The molecule has 2 aromatic heterocycles. The van der Waals surface area contributed by atoms with E-state index in [1.165, 1.54) is 0 Å². The maximum absolute atomic E-state index is 5.58. The fraction of sp³-hybridized carbons (Fsp3) is 0.222. The number of hydrogen-bond acceptors (Lipinski definition) is 2. The zero-order chi connectivity index (χ0) is 8.55. The zero-order valence-corrected chi connectivity index (χ0v) is 6.99. The van der Waals surface area contributed by atoms with Crippen LogP contribution in [0.1, 0.15) is 6.92 Å². The van der Waals surface area contributed by atoms with Crippen LogP contribution < -0.4 is 5.73 Å². The standard InChI is InChI=1S/C9H11N3/c1-2-12-6-5-7-3-4-8(10)11-9(7)12/h3-6H,2H2,1H3,(H2,10,11). The molecule has 0 aliphatic carbocycles. The monoisotopic (exact) mass is 161 g/mol. The van der Waals surface area contributed by atoms with Crippen LogP contribution in [-0.4, -0.2) is 9.55 Å². The van der Waals surface area contributed by atoms with Crippen molar-refractivity contribution < 1.29 is 0 Å². The summed E-state index contributed by atoms with van der Waals surface area (Å²) in [6.07, 6.45) is 2.02. The Bertz CT molecular complexity index is 403. The maximum Gasteiger partial charge on any atom is 0.142 e. The molecule has 0 amide bonds. The number of nitrogens with two attached hydrogens (primary N) is 1. The Hall–Kier alpha value is -1.51.